The Morgan fingerprint density at radius 3 is 2.50 bits per heavy atom. The van der Waals surface area contributed by atoms with Gasteiger partial charge in [0.15, 0.2) is 15.8 Å². The first-order chi connectivity index (χ1) is 11.7. The van der Waals surface area contributed by atoms with Crippen molar-refractivity contribution in [1.82, 2.24) is 10.2 Å². The lowest BCUT2D eigenvalue weighted by Crippen LogP contribution is -2.57. The molecule has 8 heteroatoms. The van der Waals surface area contributed by atoms with Crippen LogP contribution in [0.4, 0.5) is 4.39 Å². The first kappa shape index (κ1) is 23.1. The number of guanidine groups is 1. The first-order valence-electron chi connectivity index (χ1n) is 8.67. The number of hydrogen-bond acceptors (Lipinski definition) is 3. The monoisotopic (exact) mass is 497 g/mol. The summed E-state index contributed by atoms with van der Waals surface area (Å²) in [5, 5.41) is 3.25. The molecule has 1 aliphatic rings. The average Bonchev–Trinajstić information content (AvgIpc) is 2.54. The molecule has 1 fully saturated rings. The van der Waals surface area contributed by atoms with E-state index in [2.05, 4.69) is 5.32 Å². The highest BCUT2D eigenvalue weighted by Crippen LogP contribution is 2.24. The van der Waals surface area contributed by atoms with E-state index in [0.717, 1.165) is 11.5 Å². The molecule has 1 N–H and O–H groups in total. The molecule has 2 rings (SSSR count). The fourth-order valence-corrected chi connectivity index (χ4v) is 4.24. The molecule has 1 atom stereocenters. The summed E-state index contributed by atoms with van der Waals surface area (Å²) in [5.74, 6) is 0.776. The third-order valence-corrected chi connectivity index (χ3v) is 7.16. The van der Waals surface area contributed by atoms with Crippen LogP contribution in [0.15, 0.2) is 29.3 Å². The smallest absolute Gasteiger partial charge is 0.194 e. The largest absolute Gasteiger partial charge is 0.357 e. The SMILES string of the molecule is CCNC(=NCC(C)c1ccc(F)cc1)N1CCS(=O)(=O)C(C)(C)C1.I. The summed E-state index contributed by atoms with van der Waals surface area (Å²) in [6.07, 6.45) is 0. The summed E-state index contributed by atoms with van der Waals surface area (Å²) < 4.78 is 36.6. The van der Waals surface area contributed by atoms with E-state index in [1.165, 1.54) is 12.1 Å². The van der Waals surface area contributed by atoms with Crippen LogP contribution < -0.4 is 5.32 Å². The van der Waals surface area contributed by atoms with Gasteiger partial charge >= 0.3 is 0 Å². The molecule has 148 valence electrons. The fraction of sp³-hybridized carbons (Fsp3) is 0.611. The maximum Gasteiger partial charge on any atom is 0.194 e. The number of sulfone groups is 1. The van der Waals surface area contributed by atoms with Gasteiger partial charge in [-0.15, -0.1) is 24.0 Å². The Hall–Kier alpha value is -0.900. The van der Waals surface area contributed by atoms with Crippen LogP contribution >= 0.6 is 24.0 Å². The van der Waals surface area contributed by atoms with Crippen molar-refractivity contribution in [3.8, 4) is 0 Å². The van der Waals surface area contributed by atoms with Gasteiger partial charge in [-0.05, 0) is 38.5 Å². The van der Waals surface area contributed by atoms with Crippen LogP contribution in [0.2, 0.25) is 0 Å². The fourth-order valence-electron chi connectivity index (χ4n) is 2.87. The Balaban J connectivity index is 0.00000338. The summed E-state index contributed by atoms with van der Waals surface area (Å²) in [6, 6.07) is 6.47. The summed E-state index contributed by atoms with van der Waals surface area (Å²) >= 11 is 0. The number of benzene rings is 1. The van der Waals surface area contributed by atoms with Gasteiger partial charge in [0.2, 0.25) is 0 Å². The quantitative estimate of drug-likeness (QED) is 0.395. The summed E-state index contributed by atoms with van der Waals surface area (Å²) in [6.45, 7) is 9.70. The van der Waals surface area contributed by atoms with Crippen molar-refractivity contribution in [1.29, 1.82) is 0 Å². The lowest BCUT2D eigenvalue weighted by Gasteiger charge is -2.39. The van der Waals surface area contributed by atoms with E-state index in [1.54, 1.807) is 26.0 Å². The molecule has 0 saturated carbocycles. The molecule has 26 heavy (non-hydrogen) atoms. The lowest BCUT2D eigenvalue weighted by atomic mass is 10.0. The standard InChI is InChI=1S/C18H28FN3O2S.HI/c1-5-20-17(22-10-11-25(23,24)18(3,4)13-22)21-12-14(2)15-6-8-16(19)9-7-15;/h6-9,14H,5,10-13H2,1-4H3,(H,20,21);1H. The van der Waals surface area contributed by atoms with Crippen molar-refractivity contribution in [2.24, 2.45) is 4.99 Å². The Morgan fingerprint density at radius 2 is 1.96 bits per heavy atom. The highest BCUT2D eigenvalue weighted by atomic mass is 127. The molecule has 0 radical (unpaired) electrons. The minimum Gasteiger partial charge on any atom is -0.357 e. The van der Waals surface area contributed by atoms with Gasteiger partial charge in [0.25, 0.3) is 0 Å². The zero-order valence-corrected chi connectivity index (χ0v) is 19.0. The maximum atomic E-state index is 13.0. The maximum absolute atomic E-state index is 13.0. The second-order valence-electron chi connectivity index (χ2n) is 7.15. The average molecular weight is 497 g/mol. The Kier molecular flexibility index (Phi) is 8.32. The zero-order valence-electron chi connectivity index (χ0n) is 15.8. The van der Waals surface area contributed by atoms with E-state index in [1.807, 2.05) is 18.7 Å². The van der Waals surface area contributed by atoms with E-state index < -0.39 is 14.6 Å². The Bertz CT molecular complexity index is 720. The third kappa shape index (κ3) is 5.55. The molecule has 0 bridgehead atoms. The lowest BCUT2D eigenvalue weighted by molar-refractivity contribution is 0.353. The van der Waals surface area contributed by atoms with Crippen molar-refractivity contribution >= 4 is 39.8 Å². The van der Waals surface area contributed by atoms with Crippen molar-refractivity contribution in [3.05, 3.63) is 35.6 Å². The molecule has 1 heterocycles. The van der Waals surface area contributed by atoms with Crippen LogP contribution in [0.5, 0.6) is 0 Å². The predicted octanol–water partition coefficient (Wildman–Crippen LogP) is 3.02. The molecule has 1 aliphatic heterocycles. The number of hydrogen-bond donors (Lipinski definition) is 1. The molecule has 1 aromatic rings. The second-order valence-corrected chi connectivity index (χ2v) is 9.89. The minimum atomic E-state index is -3.08. The van der Waals surface area contributed by atoms with Crippen LogP contribution in [-0.4, -0.2) is 56.0 Å². The van der Waals surface area contributed by atoms with Gasteiger partial charge in [-0.3, -0.25) is 4.99 Å². The minimum absolute atomic E-state index is 0. The molecular weight excluding hydrogens is 468 g/mol. The summed E-state index contributed by atoms with van der Waals surface area (Å²) in [5.41, 5.74) is 1.03. The van der Waals surface area contributed by atoms with Crippen LogP contribution in [0.25, 0.3) is 0 Å². The van der Waals surface area contributed by atoms with Crippen molar-refractivity contribution in [3.63, 3.8) is 0 Å². The second kappa shape index (κ2) is 9.34. The van der Waals surface area contributed by atoms with Gasteiger partial charge in [-0.25, -0.2) is 12.8 Å². The molecule has 0 aliphatic carbocycles. The first-order valence-corrected chi connectivity index (χ1v) is 10.3. The van der Waals surface area contributed by atoms with Gasteiger partial charge in [0.1, 0.15) is 5.82 Å². The molecule has 5 nitrogen and oxygen atoms in total. The zero-order chi connectivity index (χ0) is 18.7. The number of rotatable bonds is 4. The molecule has 1 unspecified atom stereocenters. The van der Waals surface area contributed by atoms with Gasteiger partial charge in [0, 0.05) is 32.1 Å². The van der Waals surface area contributed by atoms with Gasteiger partial charge < -0.3 is 10.2 Å². The number of aliphatic imine (C=N–C) groups is 1. The van der Waals surface area contributed by atoms with Crippen molar-refractivity contribution in [2.75, 3.05) is 31.9 Å². The highest BCUT2D eigenvalue weighted by molar-refractivity contribution is 14.0. The van der Waals surface area contributed by atoms with E-state index in [-0.39, 0.29) is 41.5 Å². The highest BCUT2D eigenvalue weighted by Gasteiger charge is 2.40. The third-order valence-electron chi connectivity index (χ3n) is 4.63. The van der Waals surface area contributed by atoms with Crippen LogP contribution in [-0.2, 0) is 9.84 Å². The normalized spacial score (nSPS) is 20.2. The van der Waals surface area contributed by atoms with Crippen LogP contribution in [0, 0.1) is 5.82 Å². The molecule has 0 spiro atoms. The number of nitrogens with zero attached hydrogens (tertiary/aromatic N) is 2. The van der Waals surface area contributed by atoms with E-state index in [9.17, 15) is 12.8 Å². The summed E-state index contributed by atoms with van der Waals surface area (Å²) in [4.78, 5) is 6.71. The Morgan fingerprint density at radius 1 is 1.35 bits per heavy atom. The van der Waals surface area contributed by atoms with Crippen molar-refractivity contribution < 1.29 is 12.8 Å². The van der Waals surface area contributed by atoms with Gasteiger partial charge in [-0.1, -0.05) is 19.1 Å². The molecule has 1 saturated heterocycles. The predicted molar refractivity (Wildman–Crippen MR) is 116 cm³/mol. The Labute approximate surface area is 173 Å². The number of halogens is 2. The number of nitrogens with one attached hydrogen (secondary N) is 1. The molecule has 0 amide bonds. The molecule has 1 aromatic carbocycles. The van der Waals surface area contributed by atoms with Crippen molar-refractivity contribution in [2.45, 2.75) is 38.4 Å². The van der Waals surface area contributed by atoms with E-state index in [0.29, 0.717) is 26.2 Å². The molecular formula is C18H29FIN3O2S. The van der Waals surface area contributed by atoms with Crippen LogP contribution in [0.1, 0.15) is 39.2 Å². The van der Waals surface area contributed by atoms with E-state index in [4.69, 9.17) is 4.99 Å². The van der Waals surface area contributed by atoms with Crippen LogP contribution in [0.3, 0.4) is 0 Å². The molecule has 0 aromatic heterocycles. The van der Waals surface area contributed by atoms with Gasteiger partial charge in [-0.2, -0.15) is 0 Å². The van der Waals surface area contributed by atoms with Gasteiger partial charge in [0.05, 0.1) is 10.5 Å². The summed E-state index contributed by atoms with van der Waals surface area (Å²) in [7, 11) is -3.08. The van der Waals surface area contributed by atoms with E-state index >= 15 is 0 Å². The topological polar surface area (TPSA) is 61.8 Å².